The number of anilines is 1. The normalized spacial score (nSPS) is 10.3. The number of amides is 1. The zero-order valence-corrected chi connectivity index (χ0v) is 13.4. The molecule has 0 unspecified atom stereocenters. The quantitative estimate of drug-likeness (QED) is 0.707. The minimum atomic E-state index is -0.239. The van der Waals surface area contributed by atoms with E-state index in [4.69, 9.17) is 12.2 Å². The second-order valence-electron chi connectivity index (χ2n) is 5.10. The summed E-state index contributed by atoms with van der Waals surface area (Å²) in [5.74, 6) is -0.239. The number of carbonyl (C=O) groups excluding carboxylic acids is 1. The Morgan fingerprint density at radius 2 is 1.78 bits per heavy atom. The molecule has 2 N–H and O–H groups in total. The minimum absolute atomic E-state index is 0.239. The van der Waals surface area contributed by atoms with E-state index in [1.165, 1.54) is 0 Å². The zero-order chi connectivity index (χ0) is 16.2. The largest absolute Gasteiger partial charge is 0.332 e. The molecular weight excluding hydrogens is 306 g/mol. The molecule has 0 aliphatic heterocycles. The van der Waals surface area contributed by atoms with Crippen LogP contribution in [0.1, 0.15) is 16.1 Å². The first-order valence-electron chi connectivity index (χ1n) is 7.17. The number of benzene rings is 2. The Morgan fingerprint density at radius 1 is 1.00 bits per heavy atom. The molecule has 3 aromatic rings. The molecule has 3 rings (SSSR count). The van der Waals surface area contributed by atoms with Crippen molar-refractivity contribution in [2.75, 3.05) is 5.32 Å². The number of nitrogens with one attached hydrogen (secondary N) is 2. The molecule has 0 bridgehead atoms. The van der Waals surface area contributed by atoms with E-state index < -0.39 is 0 Å². The van der Waals surface area contributed by atoms with Gasteiger partial charge in [-0.3, -0.25) is 15.1 Å². The molecule has 2 aromatic carbocycles. The molecular formula is C18H15N3OS. The third kappa shape index (κ3) is 3.52. The molecule has 0 fully saturated rings. The van der Waals surface area contributed by atoms with Crippen molar-refractivity contribution in [1.82, 2.24) is 10.3 Å². The van der Waals surface area contributed by atoms with Crippen molar-refractivity contribution >= 4 is 39.8 Å². The van der Waals surface area contributed by atoms with E-state index in [2.05, 4.69) is 15.6 Å². The maximum atomic E-state index is 12.1. The number of fused-ring (bicyclic) bond motifs is 1. The van der Waals surface area contributed by atoms with Gasteiger partial charge in [0.1, 0.15) is 0 Å². The number of nitrogens with zero attached hydrogens (tertiary/aromatic N) is 1. The predicted octanol–water partition coefficient (Wildman–Crippen LogP) is 3.67. The van der Waals surface area contributed by atoms with Gasteiger partial charge in [0.2, 0.25) is 0 Å². The Labute approximate surface area is 139 Å². The summed E-state index contributed by atoms with van der Waals surface area (Å²) in [6.07, 6.45) is 0. The molecule has 114 valence electrons. The van der Waals surface area contributed by atoms with E-state index in [-0.39, 0.29) is 11.0 Å². The first kappa shape index (κ1) is 15.1. The van der Waals surface area contributed by atoms with Crippen molar-refractivity contribution < 1.29 is 4.79 Å². The molecule has 5 heteroatoms. The lowest BCUT2D eigenvalue weighted by Gasteiger charge is -2.12. The summed E-state index contributed by atoms with van der Waals surface area (Å²) in [7, 11) is 0. The molecule has 0 atom stereocenters. The van der Waals surface area contributed by atoms with Gasteiger partial charge in [-0.2, -0.15) is 0 Å². The summed E-state index contributed by atoms with van der Waals surface area (Å²) < 4.78 is 0. The van der Waals surface area contributed by atoms with Gasteiger partial charge in [0.15, 0.2) is 5.11 Å². The van der Waals surface area contributed by atoms with E-state index in [0.29, 0.717) is 5.56 Å². The van der Waals surface area contributed by atoms with Gasteiger partial charge in [0, 0.05) is 22.3 Å². The predicted molar refractivity (Wildman–Crippen MR) is 96.6 cm³/mol. The second kappa shape index (κ2) is 6.54. The summed E-state index contributed by atoms with van der Waals surface area (Å²) in [6, 6.07) is 18.6. The van der Waals surface area contributed by atoms with Crippen LogP contribution in [0.3, 0.4) is 0 Å². The number of aryl methyl sites for hydroxylation is 1. The van der Waals surface area contributed by atoms with Crippen LogP contribution < -0.4 is 10.6 Å². The first-order valence-corrected chi connectivity index (χ1v) is 7.58. The molecule has 4 nitrogen and oxygen atoms in total. The van der Waals surface area contributed by atoms with Gasteiger partial charge in [-0.1, -0.05) is 24.3 Å². The SMILES string of the molecule is Cc1ccc2c(NC(=S)NC(=O)c3ccccc3)cccc2n1. The van der Waals surface area contributed by atoms with Crippen LogP contribution in [0.25, 0.3) is 10.9 Å². The van der Waals surface area contributed by atoms with E-state index >= 15 is 0 Å². The van der Waals surface area contributed by atoms with Gasteiger partial charge in [-0.05, 0) is 55.5 Å². The molecule has 0 aliphatic carbocycles. The van der Waals surface area contributed by atoms with Gasteiger partial charge in [0.25, 0.3) is 5.91 Å². The van der Waals surface area contributed by atoms with Crippen LogP contribution in [-0.4, -0.2) is 16.0 Å². The molecule has 1 aromatic heterocycles. The van der Waals surface area contributed by atoms with Gasteiger partial charge in [-0.25, -0.2) is 0 Å². The summed E-state index contributed by atoms with van der Waals surface area (Å²) >= 11 is 5.24. The van der Waals surface area contributed by atoms with Gasteiger partial charge in [-0.15, -0.1) is 0 Å². The smallest absolute Gasteiger partial charge is 0.257 e. The second-order valence-corrected chi connectivity index (χ2v) is 5.51. The number of aromatic nitrogens is 1. The Bertz CT molecular complexity index is 878. The first-order chi connectivity index (χ1) is 11.1. The molecule has 0 saturated carbocycles. The fourth-order valence-corrected chi connectivity index (χ4v) is 2.49. The number of carbonyl (C=O) groups is 1. The van der Waals surface area contributed by atoms with Crippen molar-refractivity contribution in [3.05, 3.63) is 71.9 Å². The zero-order valence-electron chi connectivity index (χ0n) is 12.5. The molecule has 0 saturated heterocycles. The third-order valence-electron chi connectivity index (χ3n) is 3.38. The van der Waals surface area contributed by atoms with Crippen LogP contribution >= 0.6 is 12.2 Å². The lowest BCUT2D eigenvalue weighted by Crippen LogP contribution is -2.34. The fourth-order valence-electron chi connectivity index (χ4n) is 2.28. The summed E-state index contributed by atoms with van der Waals surface area (Å²) in [5.41, 5.74) is 3.21. The molecule has 1 amide bonds. The Morgan fingerprint density at radius 3 is 2.57 bits per heavy atom. The van der Waals surface area contributed by atoms with Crippen molar-refractivity contribution in [3.63, 3.8) is 0 Å². The third-order valence-corrected chi connectivity index (χ3v) is 3.59. The maximum Gasteiger partial charge on any atom is 0.257 e. The minimum Gasteiger partial charge on any atom is -0.332 e. The number of rotatable bonds is 2. The molecule has 23 heavy (non-hydrogen) atoms. The number of pyridine rings is 1. The van der Waals surface area contributed by atoms with E-state index in [1.54, 1.807) is 12.1 Å². The van der Waals surface area contributed by atoms with Crippen LogP contribution in [-0.2, 0) is 0 Å². The highest BCUT2D eigenvalue weighted by molar-refractivity contribution is 7.80. The molecule has 0 radical (unpaired) electrons. The Hall–Kier alpha value is -2.79. The van der Waals surface area contributed by atoms with Crippen molar-refractivity contribution in [1.29, 1.82) is 0 Å². The highest BCUT2D eigenvalue weighted by Gasteiger charge is 2.09. The highest BCUT2D eigenvalue weighted by Crippen LogP contribution is 2.22. The van der Waals surface area contributed by atoms with Crippen LogP contribution in [0.4, 0.5) is 5.69 Å². The van der Waals surface area contributed by atoms with Gasteiger partial charge in [0.05, 0.1) is 5.52 Å². The van der Waals surface area contributed by atoms with Crippen molar-refractivity contribution in [3.8, 4) is 0 Å². The van der Waals surface area contributed by atoms with Crippen molar-refractivity contribution in [2.24, 2.45) is 0 Å². The Kier molecular flexibility index (Phi) is 4.30. The van der Waals surface area contributed by atoms with Crippen LogP contribution in [0.5, 0.6) is 0 Å². The van der Waals surface area contributed by atoms with Crippen LogP contribution in [0.2, 0.25) is 0 Å². The number of hydrogen-bond donors (Lipinski definition) is 2. The lowest BCUT2D eigenvalue weighted by molar-refractivity contribution is 0.0977. The van der Waals surface area contributed by atoms with E-state index in [0.717, 1.165) is 22.3 Å². The van der Waals surface area contributed by atoms with Crippen LogP contribution in [0.15, 0.2) is 60.7 Å². The summed E-state index contributed by atoms with van der Waals surface area (Å²) in [4.78, 5) is 16.6. The number of thiocarbonyl (C=S) groups is 1. The average Bonchev–Trinajstić information content (AvgIpc) is 2.55. The molecule has 1 heterocycles. The van der Waals surface area contributed by atoms with E-state index in [9.17, 15) is 4.79 Å². The summed E-state index contributed by atoms with van der Waals surface area (Å²) in [5, 5.41) is 6.96. The van der Waals surface area contributed by atoms with Crippen molar-refractivity contribution in [2.45, 2.75) is 6.92 Å². The average molecular weight is 321 g/mol. The standard InChI is InChI=1S/C18H15N3OS/c1-12-10-11-14-15(19-12)8-5-9-16(14)20-18(23)21-17(22)13-6-3-2-4-7-13/h2-11H,1H3,(H2,20,21,22,23). The van der Waals surface area contributed by atoms with Crippen LogP contribution in [0, 0.1) is 6.92 Å². The lowest BCUT2D eigenvalue weighted by atomic mass is 10.1. The van der Waals surface area contributed by atoms with Gasteiger partial charge >= 0.3 is 0 Å². The monoisotopic (exact) mass is 321 g/mol. The van der Waals surface area contributed by atoms with Gasteiger partial charge < -0.3 is 5.32 Å². The Balaban J connectivity index is 1.77. The molecule has 0 aliphatic rings. The maximum absolute atomic E-state index is 12.1. The fraction of sp³-hybridized carbons (Fsp3) is 0.0556. The number of hydrogen-bond acceptors (Lipinski definition) is 3. The summed E-state index contributed by atoms with van der Waals surface area (Å²) in [6.45, 7) is 1.95. The highest BCUT2D eigenvalue weighted by atomic mass is 32.1. The van der Waals surface area contributed by atoms with E-state index in [1.807, 2.05) is 55.5 Å². The molecule has 0 spiro atoms. The topological polar surface area (TPSA) is 54.0 Å².